The third kappa shape index (κ3) is 3.51. The standard InChI is InChI=1S/C19H18IN3O/c1-13(2)23-12-15(17-5-3-4-6-18(17)23)11-21-22-19(24)14-7-9-16(20)10-8-14/h3-13H,1-2H3,(H,22,24)/b21-11-. The van der Waals surface area contributed by atoms with Crippen LogP contribution in [-0.2, 0) is 0 Å². The summed E-state index contributed by atoms with van der Waals surface area (Å²) in [4.78, 5) is 12.1. The van der Waals surface area contributed by atoms with Gasteiger partial charge in [0.1, 0.15) is 0 Å². The summed E-state index contributed by atoms with van der Waals surface area (Å²) < 4.78 is 3.30. The van der Waals surface area contributed by atoms with Crippen LogP contribution in [0.15, 0.2) is 59.8 Å². The van der Waals surface area contributed by atoms with Crippen molar-refractivity contribution in [3.63, 3.8) is 0 Å². The number of carbonyl (C=O) groups excluding carboxylic acids is 1. The second-order valence-corrected chi connectivity index (χ2v) is 7.05. The first-order valence-electron chi connectivity index (χ1n) is 7.75. The van der Waals surface area contributed by atoms with Crippen molar-refractivity contribution in [2.75, 3.05) is 0 Å². The van der Waals surface area contributed by atoms with Crippen LogP contribution in [0.25, 0.3) is 10.9 Å². The lowest BCUT2D eigenvalue weighted by molar-refractivity contribution is 0.0955. The maximum atomic E-state index is 12.1. The summed E-state index contributed by atoms with van der Waals surface area (Å²) in [6.45, 7) is 4.29. The highest BCUT2D eigenvalue weighted by atomic mass is 127. The van der Waals surface area contributed by atoms with E-state index in [-0.39, 0.29) is 5.91 Å². The lowest BCUT2D eigenvalue weighted by Crippen LogP contribution is -2.17. The molecule has 0 unspecified atom stereocenters. The highest BCUT2D eigenvalue weighted by Gasteiger charge is 2.09. The van der Waals surface area contributed by atoms with Gasteiger partial charge in [0.05, 0.1) is 6.21 Å². The van der Waals surface area contributed by atoms with Gasteiger partial charge in [0.15, 0.2) is 0 Å². The third-order valence-electron chi connectivity index (χ3n) is 3.80. The lowest BCUT2D eigenvalue weighted by atomic mass is 10.2. The van der Waals surface area contributed by atoms with Crippen molar-refractivity contribution in [1.29, 1.82) is 0 Å². The van der Waals surface area contributed by atoms with Crippen LogP contribution in [0.5, 0.6) is 0 Å². The van der Waals surface area contributed by atoms with Gasteiger partial charge in [-0.1, -0.05) is 18.2 Å². The lowest BCUT2D eigenvalue weighted by Gasteiger charge is -2.08. The molecule has 0 aliphatic carbocycles. The van der Waals surface area contributed by atoms with Crippen LogP contribution in [-0.4, -0.2) is 16.7 Å². The topological polar surface area (TPSA) is 46.4 Å². The molecule has 0 spiro atoms. The molecule has 0 saturated carbocycles. The Kier molecular flexibility index (Phi) is 4.99. The summed E-state index contributed by atoms with van der Waals surface area (Å²) in [6.07, 6.45) is 3.77. The van der Waals surface area contributed by atoms with Gasteiger partial charge in [0.25, 0.3) is 5.91 Å². The largest absolute Gasteiger partial charge is 0.344 e. The number of benzene rings is 2. The van der Waals surface area contributed by atoms with Crippen molar-refractivity contribution >= 4 is 45.6 Å². The Hall–Kier alpha value is -2.15. The van der Waals surface area contributed by atoms with E-state index in [4.69, 9.17) is 0 Å². The number of hydrazone groups is 1. The average Bonchev–Trinajstić information content (AvgIpc) is 2.95. The van der Waals surface area contributed by atoms with Crippen molar-refractivity contribution in [2.24, 2.45) is 5.10 Å². The second-order valence-electron chi connectivity index (χ2n) is 5.81. The van der Waals surface area contributed by atoms with Crippen molar-refractivity contribution in [1.82, 2.24) is 9.99 Å². The number of hydrogen-bond donors (Lipinski definition) is 1. The summed E-state index contributed by atoms with van der Waals surface area (Å²) >= 11 is 2.21. The zero-order chi connectivity index (χ0) is 17.1. The molecule has 3 rings (SSSR count). The normalized spacial score (nSPS) is 11.5. The van der Waals surface area contributed by atoms with E-state index in [0.29, 0.717) is 11.6 Å². The number of aromatic nitrogens is 1. The molecule has 0 atom stereocenters. The molecule has 0 fully saturated rings. The van der Waals surface area contributed by atoms with Crippen LogP contribution < -0.4 is 5.43 Å². The van der Waals surface area contributed by atoms with Crippen molar-refractivity contribution in [3.8, 4) is 0 Å². The molecule has 0 bridgehead atoms. The predicted octanol–water partition coefficient (Wildman–Crippen LogP) is 4.59. The number of carbonyl (C=O) groups is 1. The molecule has 1 amide bonds. The Bertz CT molecular complexity index is 895. The van der Waals surface area contributed by atoms with Crippen molar-refractivity contribution in [3.05, 3.63) is 69.4 Å². The average molecular weight is 431 g/mol. The molecule has 122 valence electrons. The third-order valence-corrected chi connectivity index (χ3v) is 4.52. The fourth-order valence-electron chi connectivity index (χ4n) is 2.59. The van der Waals surface area contributed by atoms with E-state index in [1.165, 1.54) is 0 Å². The van der Waals surface area contributed by atoms with E-state index >= 15 is 0 Å². The van der Waals surface area contributed by atoms with Gasteiger partial charge in [0.2, 0.25) is 0 Å². The minimum atomic E-state index is -0.213. The Morgan fingerprint density at radius 3 is 2.58 bits per heavy atom. The minimum absolute atomic E-state index is 0.213. The van der Waals surface area contributed by atoms with Crippen LogP contribution in [0.2, 0.25) is 0 Å². The molecule has 24 heavy (non-hydrogen) atoms. The first-order chi connectivity index (χ1) is 11.6. The van der Waals surface area contributed by atoms with Gasteiger partial charge in [-0.2, -0.15) is 5.10 Å². The summed E-state index contributed by atoms with van der Waals surface area (Å²) in [5, 5.41) is 5.25. The molecule has 0 aliphatic heterocycles. The van der Waals surface area contributed by atoms with Crippen LogP contribution in [0.3, 0.4) is 0 Å². The van der Waals surface area contributed by atoms with E-state index in [9.17, 15) is 4.79 Å². The zero-order valence-corrected chi connectivity index (χ0v) is 15.7. The Morgan fingerprint density at radius 1 is 1.17 bits per heavy atom. The highest BCUT2D eigenvalue weighted by molar-refractivity contribution is 14.1. The Balaban J connectivity index is 1.81. The number of rotatable bonds is 4. The minimum Gasteiger partial charge on any atom is -0.344 e. The van der Waals surface area contributed by atoms with Crippen LogP contribution in [0, 0.1) is 3.57 Å². The van der Waals surface area contributed by atoms with E-state index < -0.39 is 0 Å². The quantitative estimate of drug-likeness (QED) is 0.367. The predicted molar refractivity (Wildman–Crippen MR) is 107 cm³/mol. The smallest absolute Gasteiger partial charge is 0.271 e. The van der Waals surface area contributed by atoms with Gasteiger partial charge in [-0.25, -0.2) is 5.43 Å². The summed E-state index contributed by atoms with van der Waals surface area (Å²) in [7, 11) is 0. The van der Waals surface area contributed by atoms with Crippen LogP contribution in [0.1, 0.15) is 35.8 Å². The van der Waals surface area contributed by atoms with Crippen molar-refractivity contribution in [2.45, 2.75) is 19.9 Å². The summed E-state index contributed by atoms with van der Waals surface area (Å²) in [5.41, 5.74) is 5.34. The Morgan fingerprint density at radius 2 is 1.88 bits per heavy atom. The SMILES string of the molecule is CC(C)n1cc(/C=N\NC(=O)c2ccc(I)cc2)c2ccccc21. The monoisotopic (exact) mass is 431 g/mol. The van der Waals surface area contributed by atoms with Gasteiger partial charge in [0, 0.05) is 37.8 Å². The molecule has 3 aromatic rings. The van der Waals surface area contributed by atoms with E-state index in [1.807, 2.05) is 24.3 Å². The molecule has 5 heteroatoms. The molecule has 1 N–H and O–H groups in total. The number of hydrogen-bond acceptors (Lipinski definition) is 2. The molecular weight excluding hydrogens is 413 g/mol. The molecule has 4 nitrogen and oxygen atoms in total. The number of para-hydroxylation sites is 1. The van der Waals surface area contributed by atoms with Crippen molar-refractivity contribution < 1.29 is 4.79 Å². The number of nitrogens with one attached hydrogen (secondary N) is 1. The molecule has 1 aromatic heterocycles. The highest BCUT2D eigenvalue weighted by Crippen LogP contribution is 2.23. The fraction of sp³-hybridized carbons (Fsp3) is 0.158. The van der Waals surface area contributed by atoms with Gasteiger partial charge < -0.3 is 4.57 Å². The molecular formula is C19H18IN3O. The van der Waals surface area contributed by atoms with Gasteiger partial charge in [-0.05, 0) is 66.8 Å². The summed E-state index contributed by atoms with van der Waals surface area (Å²) in [6, 6.07) is 15.9. The van der Waals surface area contributed by atoms with Gasteiger partial charge in [-0.15, -0.1) is 0 Å². The summed E-state index contributed by atoms with van der Waals surface area (Å²) in [5.74, 6) is -0.213. The van der Waals surface area contributed by atoms with E-state index in [2.05, 4.69) is 69.9 Å². The number of nitrogens with zero attached hydrogens (tertiary/aromatic N) is 2. The van der Waals surface area contributed by atoms with Gasteiger partial charge in [-0.3, -0.25) is 4.79 Å². The molecule has 0 aliphatic rings. The number of fused-ring (bicyclic) bond motifs is 1. The van der Waals surface area contributed by atoms with Crippen LogP contribution >= 0.6 is 22.6 Å². The maximum Gasteiger partial charge on any atom is 0.271 e. The number of amides is 1. The second kappa shape index (κ2) is 7.17. The van der Waals surface area contributed by atoms with Gasteiger partial charge >= 0.3 is 0 Å². The van der Waals surface area contributed by atoms with E-state index in [0.717, 1.165) is 20.0 Å². The molecule has 1 heterocycles. The zero-order valence-electron chi connectivity index (χ0n) is 13.5. The first kappa shape index (κ1) is 16.7. The van der Waals surface area contributed by atoms with E-state index in [1.54, 1.807) is 18.3 Å². The molecule has 0 saturated heterocycles. The number of halogens is 1. The van der Waals surface area contributed by atoms with Crippen LogP contribution in [0.4, 0.5) is 0 Å². The molecule has 2 aromatic carbocycles. The first-order valence-corrected chi connectivity index (χ1v) is 8.82. The fourth-order valence-corrected chi connectivity index (χ4v) is 2.95. The molecule has 0 radical (unpaired) electrons. The maximum absolute atomic E-state index is 12.1. The Labute approximate surface area is 154 Å².